The number of nitrogens with zero attached hydrogens (tertiary/aromatic N) is 4. The molecule has 0 radical (unpaired) electrons. The molecule has 6 nitrogen and oxygen atoms in total. The van der Waals surface area contributed by atoms with E-state index in [0.29, 0.717) is 12.5 Å². The van der Waals surface area contributed by atoms with E-state index in [-0.39, 0.29) is 11.6 Å². The first kappa shape index (κ1) is 15.6. The van der Waals surface area contributed by atoms with Gasteiger partial charge in [0.25, 0.3) is 0 Å². The summed E-state index contributed by atoms with van der Waals surface area (Å²) < 4.78 is 15.4. The van der Waals surface area contributed by atoms with Gasteiger partial charge in [0.15, 0.2) is 0 Å². The minimum Gasteiger partial charge on any atom is -0.322 e. The van der Waals surface area contributed by atoms with Crippen LogP contribution >= 0.6 is 0 Å². The topological polar surface area (TPSA) is 63.1 Å². The Kier molecular flexibility index (Phi) is 4.97. The number of benzene rings is 1. The summed E-state index contributed by atoms with van der Waals surface area (Å²) in [6.45, 7) is 2.90. The van der Waals surface area contributed by atoms with E-state index in [1.165, 1.54) is 6.07 Å². The zero-order valence-electron chi connectivity index (χ0n) is 12.9. The normalized spacial score (nSPS) is 16.4. The number of carbonyl (C=O) groups is 1. The summed E-state index contributed by atoms with van der Waals surface area (Å²) in [5.74, 6) is -0.0280. The number of nitrogens with one attached hydrogen (secondary N) is 1. The van der Waals surface area contributed by atoms with Crippen molar-refractivity contribution in [2.75, 3.05) is 25.0 Å². The first-order valence-corrected chi connectivity index (χ1v) is 7.81. The number of amides is 1. The van der Waals surface area contributed by atoms with Crippen LogP contribution < -0.4 is 5.32 Å². The van der Waals surface area contributed by atoms with E-state index >= 15 is 0 Å². The second-order valence-electron chi connectivity index (χ2n) is 5.87. The maximum atomic E-state index is 13.5. The summed E-state index contributed by atoms with van der Waals surface area (Å²) in [7, 11) is 0. The van der Waals surface area contributed by atoms with Crippen LogP contribution in [0.3, 0.4) is 0 Å². The predicted octanol–water partition coefficient (Wildman–Crippen LogP) is 1.77. The van der Waals surface area contributed by atoms with E-state index in [4.69, 9.17) is 0 Å². The molecule has 1 aliphatic heterocycles. The molecule has 2 aromatic rings. The van der Waals surface area contributed by atoms with E-state index < -0.39 is 5.82 Å². The quantitative estimate of drug-likeness (QED) is 0.913. The molecule has 1 saturated heterocycles. The van der Waals surface area contributed by atoms with Gasteiger partial charge in [-0.3, -0.25) is 14.4 Å². The number of likely N-dealkylation sites (tertiary alicyclic amines) is 1. The second kappa shape index (κ2) is 7.32. The molecule has 0 bridgehead atoms. The number of anilines is 1. The Balaban J connectivity index is 1.43. The Hall–Kier alpha value is -2.28. The summed E-state index contributed by atoms with van der Waals surface area (Å²) in [5, 5.41) is 10.4. The lowest BCUT2D eigenvalue weighted by Gasteiger charge is -2.31. The Labute approximate surface area is 134 Å². The fraction of sp³-hybridized carbons (Fsp3) is 0.438. The lowest BCUT2D eigenvalue weighted by atomic mass is 9.97. The van der Waals surface area contributed by atoms with Crippen molar-refractivity contribution in [2.45, 2.75) is 19.4 Å². The van der Waals surface area contributed by atoms with Crippen molar-refractivity contribution >= 4 is 11.6 Å². The molecule has 122 valence electrons. The molecule has 0 aliphatic carbocycles. The lowest BCUT2D eigenvalue weighted by Crippen LogP contribution is -2.40. The third-order valence-electron chi connectivity index (χ3n) is 4.14. The van der Waals surface area contributed by atoms with Crippen LogP contribution in [-0.2, 0) is 11.3 Å². The van der Waals surface area contributed by atoms with Gasteiger partial charge < -0.3 is 5.32 Å². The van der Waals surface area contributed by atoms with Gasteiger partial charge in [-0.15, -0.1) is 5.10 Å². The number of rotatable bonds is 5. The van der Waals surface area contributed by atoms with E-state index in [1.54, 1.807) is 24.4 Å². The van der Waals surface area contributed by atoms with E-state index in [1.807, 2.05) is 10.9 Å². The standard InChI is InChI=1S/C16H20FN5O/c17-14-3-1-2-4-15(14)19-16(23)12-21-8-5-13(6-9-21)11-22-10-7-18-20-22/h1-4,7,10,13H,5-6,8-9,11-12H2,(H,19,23). The zero-order valence-corrected chi connectivity index (χ0v) is 12.9. The number of hydrogen-bond acceptors (Lipinski definition) is 4. The van der Waals surface area contributed by atoms with Gasteiger partial charge in [0.05, 0.1) is 18.4 Å². The largest absolute Gasteiger partial charge is 0.322 e. The lowest BCUT2D eigenvalue weighted by molar-refractivity contribution is -0.117. The van der Waals surface area contributed by atoms with Crippen LogP contribution in [0.5, 0.6) is 0 Å². The SMILES string of the molecule is O=C(CN1CCC(Cn2ccnn2)CC1)Nc1ccccc1F. The Morgan fingerprint density at radius 3 is 2.78 bits per heavy atom. The van der Waals surface area contributed by atoms with Crippen LogP contribution in [0.4, 0.5) is 10.1 Å². The minimum absolute atomic E-state index is 0.176. The van der Waals surface area contributed by atoms with Gasteiger partial charge in [-0.2, -0.15) is 0 Å². The van der Waals surface area contributed by atoms with Crippen LogP contribution in [0, 0.1) is 11.7 Å². The highest BCUT2D eigenvalue weighted by Gasteiger charge is 2.21. The van der Waals surface area contributed by atoms with Crippen LogP contribution in [-0.4, -0.2) is 45.4 Å². The van der Waals surface area contributed by atoms with Crippen molar-refractivity contribution < 1.29 is 9.18 Å². The number of piperidine rings is 1. The molecule has 1 fully saturated rings. The van der Waals surface area contributed by atoms with E-state index in [9.17, 15) is 9.18 Å². The average molecular weight is 317 g/mol. The molecule has 2 heterocycles. The van der Waals surface area contributed by atoms with Crippen LogP contribution in [0.2, 0.25) is 0 Å². The molecule has 1 N–H and O–H groups in total. The van der Waals surface area contributed by atoms with Gasteiger partial charge in [0.2, 0.25) is 5.91 Å². The summed E-state index contributed by atoms with van der Waals surface area (Å²) >= 11 is 0. The van der Waals surface area contributed by atoms with Gasteiger partial charge in [-0.1, -0.05) is 17.3 Å². The molecule has 0 unspecified atom stereocenters. The highest BCUT2D eigenvalue weighted by molar-refractivity contribution is 5.92. The van der Waals surface area contributed by atoms with Crippen LogP contribution in [0.15, 0.2) is 36.7 Å². The fourth-order valence-electron chi connectivity index (χ4n) is 2.88. The Bertz CT molecular complexity index is 638. The van der Waals surface area contributed by atoms with Gasteiger partial charge in [-0.05, 0) is 44.0 Å². The summed E-state index contributed by atoms with van der Waals surface area (Å²) in [6, 6.07) is 6.21. The number of aromatic nitrogens is 3. The van der Waals surface area contributed by atoms with Crippen molar-refractivity contribution in [3.63, 3.8) is 0 Å². The van der Waals surface area contributed by atoms with Crippen LogP contribution in [0.1, 0.15) is 12.8 Å². The molecule has 23 heavy (non-hydrogen) atoms. The van der Waals surface area contributed by atoms with Gasteiger partial charge >= 0.3 is 0 Å². The summed E-state index contributed by atoms with van der Waals surface area (Å²) in [6.07, 6.45) is 5.59. The molecule has 3 rings (SSSR count). The molecule has 0 saturated carbocycles. The smallest absolute Gasteiger partial charge is 0.238 e. The van der Waals surface area contributed by atoms with E-state index in [2.05, 4.69) is 20.5 Å². The van der Waals surface area contributed by atoms with Crippen molar-refractivity contribution in [2.24, 2.45) is 5.92 Å². The molecule has 1 amide bonds. The van der Waals surface area contributed by atoms with Gasteiger partial charge in [0.1, 0.15) is 5.82 Å². The molecule has 1 aromatic heterocycles. The minimum atomic E-state index is -0.410. The number of halogens is 1. The summed E-state index contributed by atoms with van der Waals surface area (Å²) in [4.78, 5) is 14.1. The third-order valence-corrected chi connectivity index (χ3v) is 4.14. The van der Waals surface area contributed by atoms with Crippen molar-refractivity contribution in [3.05, 3.63) is 42.5 Å². The van der Waals surface area contributed by atoms with Gasteiger partial charge in [-0.25, -0.2) is 4.39 Å². The first-order chi connectivity index (χ1) is 11.2. The van der Waals surface area contributed by atoms with Crippen molar-refractivity contribution in [1.29, 1.82) is 0 Å². The van der Waals surface area contributed by atoms with Crippen molar-refractivity contribution in [3.8, 4) is 0 Å². The molecule has 7 heteroatoms. The first-order valence-electron chi connectivity index (χ1n) is 7.81. The maximum Gasteiger partial charge on any atom is 0.238 e. The Morgan fingerprint density at radius 2 is 2.09 bits per heavy atom. The monoisotopic (exact) mass is 317 g/mol. The molecule has 0 atom stereocenters. The Morgan fingerprint density at radius 1 is 1.30 bits per heavy atom. The van der Waals surface area contributed by atoms with E-state index in [0.717, 1.165) is 32.5 Å². The molecular weight excluding hydrogens is 297 g/mol. The zero-order chi connectivity index (χ0) is 16.1. The van der Waals surface area contributed by atoms with Crippen molar-refractivity contribution in [1.82, 2.24) is 19.9 Å². The number of hydrogen-bond donors (Lipinski definition) is 1. The highest BCUT2D eigenvalue weighted by Crippen LogP contribution is 2.19. The predicted molar refractivity (Wildman–Crippen MR) is 84.2 cm³/mol. The van der Waals surface area contributed by atoms with Gasteiger partial charge in [0, 0.05) is 12.7 Å². The number of carbonyl (C=O) groups excluding carboxylic acids is 1. The molecule has 1 aliphatic rings. The van der Waals surface area contributed by atoms with Crippen LogP contribution in [0.25, 0.3) is 0 Å². The average Bonchev–Trinajstić information content (AvgIpc) is 3.04. The second-order valence-corrected chi connectivity index (χ2v) is 5.87. The third kappa shape index (κ3) is 4.35. The highest BCUT2D eigenvalue weighted by atomic mass is 19.1. The fourth-order valence-corrected chi connectivity index (χ4v) is 2.88. The maximum absolute atomic E-state index is 13.5. The molecule has 1 aromatic carbocycles. The summed E-state index contributed by atoms with van der Waals surface area (Å²) in [5.41, 5.74) is 0.235. The molecular formula is C16H20FN5O. The number of para-hydroxylation sites is 1. The molecule has 0 spiro atoms.